The summed E-state index contributed by atoms with van der Waals surface area (Å²) < 4.78 is 29.9. The predicted octanol–water partition coefficient (Wildman–Crippen LogP) is 5.35. The molecule has 3 aromatic carbocycles. The van der Waals surface area contributed by atoms with Gasteiger partial charge in [0.15, 0.2) is 0 Å². The Bertz CT molecular complexity index is 835. The van der Waals surface area contributed by atoms with Gasteiger partial charge >= 0.3 is 7.82 Å². The summed E-state index contributed by atoms with van der Waals surface area (Å²) in [6.45, 7) is 1.77. The van der Waals surface area contributed by atoms with Crippen molar-refractivity contribution in [1.29, 1.82) is 0 Å². The van der Waals surface area contributed by atoms with Gasteiger partial charge < -0.3 is 18.7 Å². The van der Waals surface area contributed by atoms with Crippen LogP contribution in [0.15, 0.2) is 78.9 Å². The van der Waals surface area contributed by atoms with Crippen LogP contribution in [0.2, 0.25) is 0 Å². The molecule has 0 heterocycles. The van der Waals surface area contributed by atoms with Gasteiger partial charge in [0.25, 0.3) is 0 Å². The second kappa shape index (κ2) is 7.32. The van der Waals surface area contributed by atoms with Crippen molar-refractivity contribution in [3.8, 4) is 23.0 Å². The number of hydrogen-bond acceptors (Lipinski definition) is 5. The quantitative estimate of drug-likeness (QED) is 0.604. The first-order valence-corrected chi connectivity index (χ1v) is 9.09. The Morgan fingerprint density at radius 3 is 1.80 bits per heavy atom. The summed E-state index contributed by atoms with van der Waals surface area (Å²) in [6.07, 6.45) is 0. The summed E-state index contributed by atoms with van der Waals surface area (Å²) in [7, 11) is -4.04. The van der Waals surface area contributed by atoms with Crippen molar-refractivity contribution >= 4 is 7.82 Å². The number of aromatic hydroxyl groups is 1. The molecule has 25 heavy (non-hydrogen) atoms. The molecule has 0 unspecified atom stereocenters. The SMILES string of the molecule is Cc1ccc(O)cc1OP(=O)(Oc1ccccc1)Oc1ccccc1. The van der Waals surface area contributed by atoms with E-state index < -0.39 is 7.82 Å². The van der Waals surface area contributed by atoms with Gasteiger partial charge in [0.1, 0.15) is 23.0 Å². The van der Waals surface area contributed by atoms with E-state index >= 15 is 0 Å². The highest BCUT2D eigenvalue weighted by atomic mass is 31.2. The molecule has 1 N–H and O–H groups in total. The Hall–Kier alpha value is -2.91. The lowest BCUT2D eigenvalue weighted by Crippen LogP contribution is -2.08. The molecule has 0 amide bonds. The van der Waals surface area contributed by atoms with Crippen molar-refractivity contribution in [2.45, 2.75) is 6.92 Å². The number of benzene rings is 3. The van der Waals surface area contributed by atoms with Crippen LogP contribution < -0.4 is 13.6 Å². The minimum Gasteiger partial charge on any atom is -0.508 e. The third-order valence-electron chi connectivity index (χ3n) is 3.30. The fourth-order valence-corrected chi connectivity index (χ4v) is 3.39. The minimum atomic E-state index is -4.04. The third-order valence-corrected chi connectivity index (χ3v) is 4.59. The average Bonchev–Trinajstić information content (AvgIpc) is 2.59. The smallest absolute Gasteiger partial charge is 0.508 e. The summed E-state index contributed by atoms with van der Waals surface area (Å²) >= 11 is 0. The number of phosphoric ester groups is 1. The molecule has 5 nitrogen and oxygen atoms in total. The summed E-state index contributed by atoms with van der Waals surface area (Å²) in [4.78, 5) is 0. The van der Waals surface area contributed by atoms with Crippen molar-refractivity contribution in [2.75, 3.05) is 0 Å². The van der Waals surface area contributed by atoms with E-state index in [-0.39, 0.29) is 11.5 Å². The van der Waals surface area contributed by atoms with Crippen LogP contribution in [0, 0.1) is 6.92 Å². The van der Waals surface area contributed by atoms with Crippen molar-refractivity contribution in [3.05, 3.63) is 84.4 Å². The molecule has 0 atom stereocenters. The lowest BCUT2D eigenvalue weighted by Gasteiger charge is -2.20. The molecule has 0 fully saturated rings. The van der Waals surface area contributed by atoms with Crippen LogP contribution in [0.4, 0.5) is 0 Å². The van der Waals surface area contributed by atoms with E-state index in [0.717, 1.165) is 0 Å². The van der Waals surface area contributed by atoms with Crippen LogP contribution in [0.1, 0.15) is 5.56 Å². The first kappa shape index (κ1) is 16.9. The molecule has 3 rings (SSSR count). The van der Waals surface area contributed by atoms with E-state index in [1.54, 1.807) is 61.5 Å². The standard InChI is InChI=1S/C19H17O5P/c1-15-12-13-16(20)14-19(15)24-25(21,22-17-8-4-2-5-9-17)23-18-10-6-3-7-11-18/h2-14,20H,1H3. The summed E-state index contributed by atoms with van der Waals surface area (Å²) in [5.41, 5.74) is 0.686. The zero-order valence-corrected chi connectivity index (χ0v) is 14.4. The summed E-state index contributed by atoms with van der Waals surface area (Å²) in [5, 5.41) is 9.66. The predicted molar refractivity (Wildman–Crippen MR) is 95.2 cm³/mol. The van der Waals surface area contributed by atoms with Crippen LogP contribution in [0.5, 0.6) is 23.0 Å². The van der Waals surface area contributed by atoms with Gasteiger partial charge in [-0.05, 0) is 42.8 Å². The van der Waals surface area contributed by atoms with Crippen molar-refractivity contribution in [1.82, 2.24) is 0 Å². The number of phenols is 1. The molecule has 0 bridgehead atoms. The highest BCUT2D eigenvalue weighted by molar-refractivity contribution is 7.49. The zero-order valence-electron chi connectivity index (χ0n) is 13.5. The van der Waals surface area contributed by atoms with Crippen molar-refractivity contribution in [3.63, 3.8) is 0 Å². The first-order valence-electron chi connectivity index (χ1n) is 7.63. The number of hydrogen-bond donors (Lipinski definition) is 1. The second-order valence-corrected chi connectivity index (χ2v) is 6.74. The molecule has 128 valence electrons. The van der Waals surface area contributed by atoms with Gasteiger partial charge in [-0.2, -0.15) is 4.57 Å². The lowest BCUT2D eigenvalue weighted by atomic mass is 10.2. The molecule has 0 radical (unpaired) electrons. The number of para-hydroxylation sites is 2. The van der Waals surface area contributed by atoms with Crippen LogP contribution in [0.3, 0.4) is 0 Å². The van der Waals surface area contributed by atoms with Gasteiger partial charge in [-0.15, -0.1) is 0 Å². The number of rotatable bonds is 6. The van der Waals surface area contributed by atoms with Gasteiger partial charge in [0, 0.05) is 6.07 Å². The summed E-state index contributed by atoms with van der Waals surface area (Å²) in [6, 6.07) is 21.8. The van der Waals surface area contributed by atoms with E-state index in [4.69, 9.17) is 13.6 Å². The number of phosphoric acid groups is 1. The maximum absolute atomic E-state index is 13.2. The monoisotopic (exact) mass is 356 g/mol. The Kier molecular flexibility index (Phi) is 4.96. The molecule has 3 aromatic rings. The molecular formula is C19H17O5P. The number of phenolic OH excluding ortho intramolecular Hbond substituents is 1. The van der Waals surface area contributed by atoms with E-state index in [1.807, 2.05) is 12.1 Å². The highest BCUT2D eigenvalue weighted by Crippen LogP contribution is 2.50. The van der Waals surface area contributed by atoms with E-state index in [0.29, 0.717) is 17.1 Å². The van der Waals surface area contributed by atoms with Gasteiger partial charge in [0.2, 0.25) is 0 Å². The Balaban J connectivity index is 1.93. The largest absolute Gasteiger partial charge is 0.647 e. The van der Waals surface area contributed by atoms with E-state index in [2.05, 4.69) is 0 Å². The highest BCUT2D eigenvalue weighted by Gasteiger charge is 2.33. The molecule has 0 aliphatic carbocycles. The molecular weight excluding hydrogens is 339 g/mol. The second-order valence-electron chi connectivity index (χ2n) is 5.30. The molecule has 0 aromatic heterocycles. The topological polar surface area (TPSA) is 65.0 Å². The van der Waals surface area contributed by atoms with Gasteiger partial charge in [-0.25, -0.2) is 0 Å². The van der Waals surface area contributed by atoms with Crippen LogP contribution >= 0.6 is 7.82 Å². The van der Waals surface area contributed by atoms with Crippen molar-refractivity contribution < 1.29 is 23.2 Å². The minimum absolute atomic E-state index is 0.00780. The van der Waals surface area contributed by atoms with Crippen molar-refractivity contribution in [2.24, 2.45) is 0 Å². The van der Waals surface area contributed by atoms with Crippen LogP contribution in [0.25, 0.3) is 0 Å². The molecule has 0 aliphatic rings. The van der Waals surface area contributed by atoms with Gasteiger partial charge in [0.05, 0.1) is 0 Å². The van der Waals surface area contributed by atoms with E-state index in [1.165, 1.54) is 12.1 Å². The molecule has 0 saturated heterocycles. The van der Waals surface area contributed by atoms with E-state index in [9.17, 15) is 9.67 Å². The normalized spacial score (nSPS) is 10.9. The fourth-order valence-electron chi connectivity index (χ4n) is 2.08. The average molecular weight is 356 g/mol. The lowest BCUT2D eigenvalue weighted by molar-refractivity contribution is 0.297. The van der Waals surface area contributed by atoms with Crippen LogP contribution in [-0.2, 0) is 4.57 Å². The Morgan fingerprint density at radius 2 is 1.28 bits per heavy atom. The van der Waals surface area contributed by atoms with Gasteiger partial charge in [-0.1, -0.05) is 42.5 Å². The maximum Gasteiger partial charge on any atom is 0.647 e. The molecule has 6 heteroatoms. The fraction of sp³-hybridized carbons (Fsp3) is 0.0526. The Morgan fingerprint density at radius 1 is 0.760 bits per heavy atom. The molecule has 0 spiro atoms. The zero-order chi connectivity index (χ0) is 17.7. The Labute approximate surface area is 146 Å². The number of aryl methyl sites for hydroxylation is 1. The summed E-state index contributed by atoms with van der Waals surface area (Å²) in [5.74, 6) is 0.904. The maximum atomic E-state index is 13.2. The molecule has 0 saturated carbocycles. The third kappa shape index (κ3) is 4.55. The van der Waals surface area contributed by atoms with Gasteiger partial charge in [-0.3, -0.25) is 0 Å². The van der Waals surface area contributed by atoms with Crippen LogP contribution in [-0.4, -0.2) is 5.11 Å². The molecule has 0 aliphatic heterocycles. The first-order chi connectivity index (χ1) is 12.0.